The van der Waals surface area contributed by atoms with Gasteiger partial charge in [-0.15, -0.1) is 0 Å². The lowest BCUT2D eigenvalue weighted by Crippen LogP contribution is -2.15. The van der Waals surface area contributed by atoms with Crippen molar-refractivity contribution in [2.45, 2.75) is 37.4 Å². The van der Waals surface area contributed by atoms with Crippen molar-refractivity contribution in [2.24, 2.45) is 5.92 Å². The first-order chi connectivity index (χ1) is 8.29. The standard InChI is InChI=1S/C14H18BrFO/c15-9-12-6-7-14(13(16)8-12)17-10-11-4-2-1-3-5-11/h6-8,11H,1-5,9-10H2. The Morgan fingerprint density at radius 3 is 2.65 bits per heavy atom. The number of ether oxygens (including phenoxy) is 1. The third kappa shape index (κ3) is 3.70. The van der Waals surface area contributed by atoms with Gasteiger partial charge in [-0.2, -0.15) is 0 Å². The van der Waals surface area contributed by atoms with Gasteiger partial charge in [0.15, 0.2) is 11.6 Å². The first-order valence-corrected chi connectivity index (χ1v) is 7.39. The lowest BCUT2D eigenvalue weighted by atomic mass is 9.90. The molecule has 1 aliphatic rings. The monoisotopic (exact) mass is 300 g/mol. The Hall–Kier alpha value is -0.570. The molecule has 1 fully saturated rings. The van der Waals surface area contributed by atoms with Gasteiger partial charge in [-0.25, -0.2) is 4.39 Å². The summed E-state index contributed by atoms with van der Waals surface area (Å²) in [6.45, 7) is 0.657. The summed E-state index contributed by atoms with van der Waals surface area (Å²) in [7, 11) is 0. The maximum absolute atomic E-state index is 13.6. The molecule has 1 aromatic carbocycles. The molecule has 1 aliphatic carbocycles. The van der Waals surface area contributed by atoms with E-state index in [0.29, 0.717) is 23.6 Å². The summed E-state index contributed by atoms with van der Waals surface area (Å²) in [4.78, 5) is 0. The SMILES string of the molecule is Fc1cc(CBr)ccc1OCC1CCCCC1. The highest BCUT2D eigenvalue weighted by Crippen LogP contribution is 2.26. The largest absolute Gasteiger partial charge is 0.490 e. The van der Waals surface area contributed by atoms with E-state index in [4.69, 9.17) is 4.74 Å². The van der Waals surface area contributed by atoms with E-state index < -0.39 is 0 Å². The highest BCUT2D eigenvalue weighted by Gasteiger charge is 2.14. The highest BCUT2D eigenvalue weighted by atomic mass is 79.9. The van der Waals surface area contributed by atoms with Crippen molar-refractivity contribution >= 4 is 15.9 Å². The van der Waals surface area contributed by atoms with Gasteiger partial charge in [0.05, 0.1) is 6.61 Å². The van der Waals surface area contributed by atoms with Crippen LogP contribution in [0, 0.1) is 11.7 Å². The summed E-state index contributed by atoms with van der Waals surface area (Å²) >= 11 is 3.31. The van der Waals surface area contributed by atoms with Gasteiger partial charge in [-0.05, 0) is 36.5 Å². The van der Waals surface area contributed by atoms with Crippen LogP contribution in [0.5, 0.6) is 5.75 Å². The van der Waals surface area contributed by atoms with Crippen molar-refractivity contribution in [1.29, 1.82) is 0 Å². The summed E-state index contributed by atoms with van der Waals surface area (Å²) in [5, 5.41) is 0.673. The maximum Gasteiger partial charge on any atom is 0.165 e. The number of benzene rings is 1. The minimum atomic E-state index is -0.252. The molecule has 1 aromatic rings. The van der Waals surface area contributed by atoms with E-state index in [0.717, 1.165) is 5.56 Å². The molecule has 1 nitrogen and oxygen atoms in total. The minimum Gasteiger partial charge on any atom is -0.490 e. The molecule has 0 spiro atoms. The predicted molar refractivity (Wildman–Crippen MR) is 71.1 cm³/mol. The van der Waals surface area contributed by atoms with Crippen LogP contribution in [0.3, 0.4) is 0 Å². The lowest BCUT2D eigenvalue weighted by Gasteiger charge is -2.21. The Morgan fingerprint density at radius 2 is 2.00 bits per heavy atom. The van der Waals surface area contributed by atoms with Crippen molar-refractivity contribution in [3.63, 3.8) is 0 Å². The fourth-order valence-corrected chi connectivity index (χ4v) is 2.65. The molecular weight excluding hydrogens is 283 g/mol. The molecule has 0 aromatic heterocycles. The first-order valence-electron chi connectivity index (χ1n) is 6.27. The van der Waals surface area contributed by atoms with Gasteiger partial charge in [-0.3, -0.25) is 0 Å². The Labute approximate surface area is 110 Å². The molecule has 0 heterocycles. The average Bonchev–Trinajstić information content (AvgIpc) is 2.38. The van der Waals surface area contributed by atoms with Crippen LogP contribution in [0.15, 0.2) is 18.2 Å². The van der Waals surface area contributed by atoms with Crippen molar-refractivity contribution in [3.05, 3.63) is 29.6 Å². The molecular formula is C14H18BrFO. The van der Waals surface area contributed by atoms with Gasteiger partial charge in [-0.1, -0.05) is 41.3 Å². The third-order valence-corrected chi connectivity index (χ3v) is 4.00. The van der Waals surface area contributed by atoms with Crippen molar-refractivity contribution in [2.75, 3.05) is 6.61 Å². The van der Waals surface area contributed by atoms with E-state index >= 15 is 0 Å². The predicted octanol–water partition coefficient (Wildman–Crippen LogP) is 4.68. The molecule has 0 atom stereocenters. The summed E-state index contributed by atoms with van der Waals surface area (Å²) < 4.78 is 19.2. The molecule has 0 aliphatic heterocycles. The fraction of sp³-hybridized carbons (Fsp3) is 0.571. The summed E-state index contributed by atoms with van der Waals surface area (Å²) in [5.74, 6) is 0.747. The molecule has 0 unspecified atom stereocenters. The Kier molecular flexibility index (Phi) is 4.84. The molecule has 0 saturated heterocycles. The molecule has 1 saturated carbocycles. The van der Waals surface area contributed by atoms with E-state index in [1.165, 1.54) is 38.2 Å². The summed E-state index contributed by atoms with van der Waals surface area (Å²) in [6.07, 6.45) is 6.37. The van der Waals surface area contributed by atoms with Gasteiger partial charge >= 0.3 is 0 Å². The topological polar surface area (TPSA) is 9.23 Å². The molecule has 3 heteroatoms. The quantitative estimate of drug-likeness (QED) is 0.734. The van der Waals surface area contributed by atoms with Crippen LogP contribution in [-0.2, 0) is 5.33 Å². The molecule has 0 bridgehead atoms. The van der Waals surface area contributed by atoms with Crippen LogP contribution in [-0.4, -0.2) is 6.61 Å². The van der Waals surface area contributed by atoms with E-state index in [-0.39, 0.29) is 5.82 Å². The summed E-state index contributed by atoms with van der Waals surface area (Å²) in [5.41, 5.74) is 0.938. The normalized spacial score (nSPS) is 17.1. The molecule has 0 radical (unpaired) electrons. The Balaban J connectivity index is 1.89. The second-order valence-electron chi connectivity index (χ2n) is 4.71. The second kappa shape index (κ2) is 6.39. The number of hydrogen-bond donors (Lipinski definition) is 0. The van der Waals surface area contributed by atoms with Gasteiger partial charge < -0.3 is 4.74 Å². The van der Waals surface area contributed by atoms with Crippen molar-refractivity contribution < 1.29 is 9.13 Å². The highest BCUT2D eigenvalue weighted by molar-refractivity contribution is 9.08. The van der Waals surface area contributed by atoms with E-state index in [2.05, 4.69) is 15.9 Å². The van der Waals surface area contributed by atoms with Crippen molar-refractivity contribution in [3.8, 4) is 5.75 Å². The zero-order valence-electron chi connectivity index (χ0n) is 9.92. The molecule has 94 valence electrons. The third-order valence-electron chi connectivity index (χ3n) is 3.35. The zero-order valence-corrected chi connectivity index (χ0v) is 11.5. The average molecular weight is 301 g/mol. The van der Waals surface area contributed by atoms with Crippen LogP contribution < -0.4 is 4.74 Å². The van der Waals surface area contributed by atoms with Crippen LogP contribution >= 0.6 is 15.9 Å². The van der Waals surface area contributed by atoms with E-state index in [1.807, 2.05) is 6.07 Å². The van der Waals surface area contributed by atoms with E-state index in [1.54, 1.807) is 6.07 Å². The number of halogens is 2. The molecule has 0 amide bonds. The number of rotatable bonds is 4. The van der Waals surface area contributed by atoms with Crippen molar-refractivity contribution in [1.82, 2.24) is 0 Å². The van der Waals surface area contributed by atoms with E-state index in [9.17, 15) is 4.39 Å². The van der Waals surface area contributed by atoms with Crippen LogP contribution in [0.2, 0.25) is 0 Å². The Bertz CT molecular complexity index is 361. The van der Waals surface area contributed by atoms with Crippen LogP contribution in [0.1, 0.15) is 37.7 Å². The smallest absolute Gasteiger partial charge is 0.165 e. The second-order valence-corrected chi connectivity index (χ2v) is 5.27. The maximum atomic E-state index is 13.6. The Morgan fingerprint density at radius 1 is 1.24 bits per heavy atom. The zero-order chi connectivity index (χ0) is 12.1. The van der Waals surface area contributed by atoms with Gasteiger partial charge in [0.25, 0.3) is 0 Å². The minimum absolute atomic E-state index is 0.252. The van der Waals surface area contributed by atoms with Crippen LogP contribution in [0.25, 0.3) is 0 Å². The summed E-state index contributed by atoms with van der Waals surface area (Å²) in [6, 6.07) is 5.16. The molecule has 2 rings (SSSR count). The van der Waals surface area contributed by atoms with Gasteiger partial charge in [0.2, 0.25) is 0 Å². The lowest BCUT2D eigenvalue weighted by molar-refractivity contribution is 0.202. The fourth-order valence-electron chi connectivity index (χ4n) is 2.31. The molecule has 0 N–H and O–H groups in total. The first kappa shape index (κ1) is 12.9. The van der Waals surface area contributed by atoms with Gasteiger partial charge in [0.1, 0.15) is 0 Å². The van der Waals surface area contributed by atoms with Crippen LogP contribution in [0.4, 0.5) is 4.39 Å². The number of alkyl halides is 1. The molecule has 17 heavy (non-hydrogen) atoms. The number of hydrogen-bond acceptors (Lipinski definition) is 1. The van der Waals surface area contributed by atoms with Gasteiger partial charge in [0, 0.05) is 5.33 Å².